The number of benzene rings is 2. The second-order valence-corrected chi connectivity index (χ2v) is 5.95. The number of hydrogen-bond donors (Lipinski definition) is 2. The number of rotatable bonds is 2. The lowest BCUT2D eigenvalue weighted by Crippen LogP contribution is -2.41. The van der Waals surface area contributed by atoms with Crippen LogP contribution < -0.4 is 4.90 Å². The van der Waals surface area contributed by atoms with E-state index in [1.54, 1.807) is 4.90 Å². The number of aromatic amines is 1. The maximum atomic E-state index is 13.1. The standard InChI is InChI=1S/C19H18N2O2/c1-3-21-16-11-7-5-9-14(16)19(23,18(21)22)17-12(2)20-15-10-6-4-8-13(15)17/h4-11,20,23H,3H2,1-2H3. The van der Waals surface area contributed by atoms with E-state index in [4.69, 9.17) is 0 Å². The Balaban J connectivity index is 2.07. The number of para-hydroxylation sites is 2. The summed E-state index contributed by atoms with van der Waals surface area (Å²) >= 11 is 0. The van der Waals surface area contributed by atoms with Gasteiger partial charge in [0.2, 0.25) is 0 Å². The molecule has 2 aromatic carbocycles. The molecule has 3 aromatic rings. The molecule has 1 unspecified atom stereocenters. The van der Waals surface area contributed by atoms with Crippen molar-refractivity contribution >= 4 is 22.5 Å². The summed E-state index contributed by atoms with van der Waals surface area (Å²) in [6.45, 7) is 4.35. The smallest absolute Gasteiger partial charge is 0.268 e. The van der Waals surface area contributed by atoms with Crippen molar-refractivity contribution in [3.8, 4) is 0 Å². The third-order valence-corrected chi connectivity index (χ3v) is 4.71. The van der Waals surface area contributed by atoms with E-state index in [-0.39, 0.29) is 5.91 Å². The Morgan fingerprint density at radius 1 is 1.13 bits per heavy atom. The van der Waals surface area contributed by atoms with Crippen LogP contribution in [-0.2, 0) is 10.4 Å². The van der Waals surface area contributed by atoms with Gasteiger partial charge in [-0.1, -0.05) is 36.4 Å². The highest BCUT2D eigenvalue weighted by molar-refractivity contribution is 6.11. The van der Waals surface area contributed by atoms with Gasteiger partial charge in [0, 0.05) is 34.3 Å². The average molecular weight is 306 g/mol. The fraction of sp³-hybridized carbons (Fsp3) is 0.211. The van der Waals surface area contributed by atoms with Gasteiger partial charge >= 0.3 is 0 Å². The quantitative estimate of drug-likeness (QED) is 0.764. The lowest BCUT2D eigenvalue weighted by atomic mass is 9.85. The predicted octanol–water partition coefficient (Wildman–Crippen LogP) is 3.08. The number of nitrogens with zero attached hydrogens (tertiary/aromatic N) is 1. The Labute approximate surface area is 134 Å². The Hall–Kier alpha value is -2.59. The molecule has 1 aliphatic heterocycles. The van der Waals surface area contributed by atoms with Gasteiger partial charge in [0.15, 0.2) is 5.60 Å². The molecule has 0 radical (unpaired) electrons. The van der Waals surface area contributed by atoms with Crippen molar-refractivity contribution < 1.29 is 9.90 Å². The molecule has 2 N–H and O–H groups in total. The van der Waals surface area contributed by atoms with Crippen LogP contribution in [0.15, 0.2) is 48.5 Å². The maximum absolute atomic E-state index is 13.1. The van der Waals surface area contributed by atoms with Crippen LogP contribution in [0.1, 0.15) is 23.7 Å². The van der Waals surface area contributed by atoms with Crippen molar-refractivity contribution in [1.82, 2.24) is 4.98 Å². The number of aliphatic hydroxyl groups is 1. The van der Waals surface area contributed by atoms with Gasteiger partial charge in [0.05, 0.1) is 5.69 Å². The Morgan fingerprint density at radius 2 is 1.83 bits per heavy atom. The number of aromatic nitrogens is 1. The van der Waals surface area contributed by atoms with Crippen LogP contribution in [0.2, 0.25) is 0 Å². The molecule has 4 heteroatoms. The largest absolute Gasteiger partial charge is 0.372 e. The molecular weight excluding hydrogens is 288 g/mol. The highest BCUT2D eigenvalue weighted by Gasteiger charge is 2.52. The normalized spacial score (nSPS) is 20.3. The van der Waals surface area contributed by atoms with Crippen molar-refractivity contribution in [2.75, 3.05) is 11.4 Å². The minimum Gasteiger partial charge on any atom is -0.372 e. The van der Waals surface area contributed by atoms with E-state index in [2.05, 4.69) is 4.98 Å². The Bertz CT molecular complexity index is 928. The van der Waals surface area contributed by atoms with Crippen molar-refractivity contribution in [1.29, 1.82) is 0 Å². The van der Waals surface area contributed by atoms with Crippen molar-refractivity contribution in [3.05, 3.63) is 65.4 Å². The van der Waals surface area contributed by atoms with Crippen LogP contribution in [0.25, 0.3) is 10.9 Å². The molecule has 116 valence electrons. The van der Waals surface area contributed by atoms with Crippen LogP contribution in [0.4, 0.5) is 5.69 Å². The molecule has 0 saturated heterocycles. The molecule has 4 nitrogen and oxygen atoms in total. The van der Waals surface area contributed by atoms with Gasteiger partial charge in [0.1, 0.15) is 0 Å². The zero-order chi connectivity index (χ0) is 16.2. The van der Waals surface area contributed by atoms with Crippen molar-refractivity contribution in [3.63, 3.8) is 0 Å². The van der Waals surface area contributed by atoms with E-state index < -0.39 is 5.60 Å². The molecule has 0 bridgehead atoms. The second kappa shape index (κ2) is 4.70. The van der Waals surface area contributed by atoms with Gasteiger partial charge in [-0.15, -0.1) is 0 Å². The van der Waals surface area contributed by atoms with E-state index in [9.17, 15) is 9.90 Å². The first-order valence-corrected chi connectivity index (χ1v) is 7.80. The molecule has 2 heterocycles. The molecule has 0 fully saturated rings. The zero-order valence-corrected chi connectivity index (χ0v) is 13.1. The molecule has 1 aromatic heterocycles. The topological polar surface area (TPSA) is 56.3 Å². The van der Waals surface area contributed by atoms with Crippen LogP contribution in [0.3, 0.4) is 0 Å². The number of carbonyl (C=O) groups excluding carboxylic acids is 1. The van der Waals surface area contributed by atoms with Crippen molar-refractivity contribution in [2.45, 2.75) is 19.4 Å². The summed E-state index contributed by atoms with van der Waals surface area (Å²) in [6, 6.07) is 15.2. The summed E-state index contributed by atoms with van der Waals surface area (Å²) in [5.74, 6) is -0.283. The highest BCUT2D eigenvalue weighted by Crippen LogP contribution is 2.47. The molecule has 1 aliphatic rings. The maximum Gasteiger partial charge on any atom is 0.268 e. The molecule has 23 heavy (non-hydrogen) atoms. The minimum atomic E-state index is -1.64. The molecule has 0 aliphatic carbocycles. The number of amides is 1. The van der Waals surface area contributed by atoms with E-state index in [1.807, 2.05) is 62.4 Å². The van der Waals surface area contributed by atoms with Gasteiger partial charge in [-0.25, -0.2) is 0 Å². The third-order valence-electron chi connectivity index (χ3n) is 4.71. The van der Waals surface area contributed by atoms with Gasteiger partial charge < -0.3 is 15.0 Å². The van der Waals surface area contributed by atoms with Crippen LogP contribution >= 0.6 is 0 Å². The number of likely N-dealkylation sites (N-methyl/N-ethyl adjacent to an activating group) is 1. The number of H-pyrrole nitrogens is 1. The molecule has 0 spiro atoms. The second-order valence-electron chi connectivity index (χ2n) is 5.95. The van der Waals surface area contributed by atoms with E-state index >= 15 is 0 Å². The molecule has 1 atom stereocenters. The SMILES string of the molecule is CCN1C(=O)C(O)(c2c(C)[nH]c3ccccc23)c2ccccc21. The van der Waals surface area contributed by atoms with Crippen LogP contribution in [-0.4, -0.2) is 22.5 Å². The number of hydrogen-bond acceptors (Lipinski definition) is 2. The van der Waals surface area contributed by atoms with E-state index in [1.165, 1.54) is 0 Å². The third kappa shape index (κ3) is 1.67. The molecule has 0 saturated carbocycles. The fourth-order valence-electron chi connectivity index (χ4n) is 3.73. The summed E-state index contributed by atoms with van der Waals surface area (Å²) in [7, 11) is 0. The predicted molar refractivity (Wildman–Crippen MR) is 90.5 cm³/mol. The Kier molecular flexibility index (Phi) is 2.87. The number of carbonyl (C=O) groups is 1. The Morgan fingerprint density at radius 3 is 2.61 bits per heavy atom. The highest BCUT2D eigenvalue weighted by atomic mass is 16.3. The fourth-order valence-corrected chi connectivity index (χ4v) is 3.73. The zero-order valence-electron chi connectivity index (χ0n) is 13.1. The first kappa shape index (κ1) is 14.0. The lowest BCUT2D eigenvalue weighted by molar-refractivity contribution is -0.132. The summed E-state index contributed by atoms with van der Waals surface area (Å²) in [5.41, 5.74) is 2.19. The van der Waals surface area contributed by atoms with Crippen LogP contribution in [0.5, 0.6) is 0 Å². The lowest BCUT2D eigenvalue weighted by Gasteiger charge is -2.23. The molecular formula is C19H18N2O2. The van der Waals surface area contributed by atoms with E-state index in [0.717, 1.165) is 22.3 Å². The number of nitrogens with one attached hydrogen (secondary N) is 1. The van der Waals surface area contributed by atoms with Gasteiger partial charge in [0.25, 0.3) is 5.91 Å². The molecule has 4 rings (SSSR count). The van der Waals surface area contributed by atoms with E-state index in [0.29, 0.717) is 17.7 Å². The van der Waals surface area contributed by atoms with Crippen molar-refractivity contribution in [2.24, 2.45) is 0 Å². The summed E-state index contributed by atoms with van der Waals surface area (Å²) in [4.78, 5) is 18.0. The monoisotopic (exact) mass is 306 g/mol. The molecule has 1 amide bonds. The number of fused-ring (bicyclic) bond motifs is 2. The number of aryl methyl sites for hydroxylation is 1. The minimum absolute atomic E-state index is 0.283. The van der Waals surface area contributed by atoms with Gasteiger partial charge in [-0.2, -0.15) is 0 Å². The van der Waals surface area contributed by atoms with Gasteiger partial charge in [-0.3, -0.25) is 4.79 Å². The summed E-state index contributed by atoms with van der Waals surface area (Å²) in [6.07, 6.45) is 0. The first-order valence-electron chi connectivity index (χ1n) is 7.80. The summed E-state index contributed by atoms with van der Waals surface area (Å²) < 4.78 is 0. The van der Waals surface area contributed by atoms with Crippen LogP contribution in [0, 0.1) is 6.92 Å². The average Bonchev–Trinajstić information content (AvgIpc) is 3.01. The number of anilines is 1. The summed E-state index contributed by atoms with van der Waals surface area (Å²) in [5, 5.41) is 12.4. The first-order chi connectivity index (χ1) is 11.1. The van der Waals surface area contributed by atoms with Gasteiger partial charge in [-0.05, 0) is 26.0 Å².